The van der Waals surface area contributed by atoms with Crippen LogP contribution in [0.3, 0.4) is 0 Å². The SMILES string of the molecule is CC(C)(C)OC(=O)N1CCCC(CCC2(N)CC(O)C2)C1. The topological polar surface area (TPSA) is 75.8 Å². The van der Waals surface area contributed by atoms with Gasteiger partial charge in [-0.1, -0.05) is 0 Å². The molecule has 0 spiro atoms. The number of rotatable bonds is 3. The highest BCUT2D eigenvalue weighted by atomic mass is 16.6. The first kappa shape index (κ1) is 16.6. The summed E-state index contributed by atoms with van der Waals surface area (Å²) >= 11 is 0. The van der Waals surface area contributed by atoms with E-state index in [1.54, 1.807) is 0 Å². The monoisotopic (exact) mass is 298 g/mol. The summed E-state index contributed by atoms with van der Waals surface area (Å²) in [5, 5.41) is 9.39. The summed E-state index contributed by atoms with van der Waals surface area (Å²) in [6.45, 7) is 7.25. The average molecular weight is 298 g/mol. The third-order valence-electron chi connectivity index (χ3n) is 4.51. The van der Waals surface area contributed by atoms with Crippen molar-refractivity contribution in [3.8, 4) is 0 Å². The van der Waals surface area contributed by atoms with Gasteiger partial charge in [0, 0.05) is 18.6 Å². The number of aliphatic hydroxyl groups is 1. The molecule has 1 atom stereocenters. The smallest absolute Gasteiger partial charge is 0.410 e. The van der Waals surface area contributed by atoms with Crippen molar-refractivity contribution in [1.82, 2.24) is 4.90 Å². The summed E-state index contributed by atoms with van der Waals surface area (Å²) in [5.41, 5.74) is 5.61. The van der Waals surface area contributed by atoms with E-state index < -0.39 is 5.60 Å². The highest BCUT2D eigenvalue weighted by Crippen LogP contribution is 2.36. The van der Waals surface area contributed by atoms with E-state index in [1.807, 2.05) is 25.7 Å². The number of carbonyl (C=O) groups is 1. The van der Waals surface area contributed by atoms with Crippen LogP contribution in [0, 0.1) is 5.92 Å². The molecule has 1 amide bonds. The number of hydrogen-bond donors (Lipinski definition) is 2. The van der Waals surface area contributed by atoms with Gasteiger partial charge in [0.15, 0.2) is 0 Å². The zero-order valence-electron chi connectivity index (χ0n) is 13.6. The second kappa shape index (κ2) is 6.13. The normalized spacial score (nSPS) is 33.5. The van der Waals surface area contributed by atoms with E-state index in [-0.39, 0.29) is 17.7 Å². The van der Waals surface area contributed by atoms with Crippen LogP contribution >= 0.6 is 0 Å². The molecule has 3 N–H and O–H groups in total. The van der Waals surface area contributed by atoms with E-state index in [4.69, 9.17) is 10.5 Å². The van der Waals surface area contributed by atoms with Crippen LogP contribution < -0.4 is 5.73 Å². The third-order valence-corrected chi connectivity index (χ3v) is 4.51. The van der Waals surface area contributed by atoms with Gasteiger partial charge in [-0.15, -0.1) is 0 Å². The van der Waals surface area contributed by atoms with Crippen molar-refractivity contribution in [1.29, 1.82) is 0 Å². The zero-order chi connectivity index (χ0) is 15.7. The highest BCUT2D eigenvalue weighted by molar-refractivity contribution is 5.68. The van der Waals surface area contributed by atoms with Crippen LogP contribution in [0.4, 0.5) is 4.79 Å². The highest BCUT2D eigenvalue weighted by Gasteiger charge is 2.40. The summed E-state index contributed by atoms with van der Waals surface area (Å²) in [4.78, 5) is 13.9. The van der Waals surface area contributed by atoms with Gasteiger partial charge in [-0.3, -0.25) is 0 Å². The van der Waals surface area contributed by atoms with Crippen LogP contribution in [0.2, 0.25) is 0 Å². The quantitative estimate of drug-likeness (QED) is 0.838. The molecule has 0 aromatic carbocycles. The Morgan fingerprint density at radius 1 is 1.43 bits per heavy atom. The Kier molecular flexibility index (Phi) is 4.83. The van der Waals surface area contributed by atoms with Crippen LogP contribution in [0.5, 0.6) is 0 Å². The molecule has 0 radical (unpaired) electrons. The molecular formula is C16H30N2O3. The van der Waals surface area contributed by atoms with Crippen LogP contribution in [-0.2, 0) is 4.74 Å². The fourth-order valence-electron chi connectivity index (χ4n) is 3.37. The molecule has 1 saturated heterocycles. The Morgan fingerprint density at radius 3 is 2.67 bits per heavy atom. The molecule has 5 nitrogen and oxygen atoms in total. The molecule has 1 saturated carbocycles. The number of aliphatic hydroxyl groups excluding tert-OH is 1. The molecule has 1 unspecified atom stereocenters. The molecule has 122 valence electrons. The first-order chi connectivity index (χ1) is 9.67. The van der Waals surface area contributed by atoms with Crippen molar-refractivity contribution in [2.45, 2.75) is 76.5 Å². The van der Waals surface area contributed by atoms with E-state index in [9.17, 15) is 9.90 Å². The number of nitrogens with zero attached hydrogens (tertiary/aromatic N) is 1. The van der Waals surface area contributed by atoms with Crippen LogP contribution in [0.1, 0.15) is 59.3 Å². The van der Waals surface area contributed by atoms with Crippen LogP contribution in [0.15, 0.2) is 0 Å². The molecule has 2 rings (SSSR count). The number of piperidine rings is 1. The van der Waals surface area contributed by atoms with Crippen LogP contribution in [0.25, 0.3) is 0 Å². The van der Waals surface area contributed by atoms with E-state index in [1.165, 1.54) is 0 Å². The fraction of sp³-hybridized carbons (Fsp3) is 0.938. The Hall–Kier alpha value is -0.810. The summed E-state index contributed by atoms with van der Waals surface area (Å²) < 4.78 is 5.45. The van der Waals surface area contributed by atoms with E-state index in [0.29, 0.717) is 5.92 Å². The number of carbonyl (C=O) groups excluding carboxylic acids is 1. The number of hydrogen-bond acceptors (Lipinski definition) is 4. The van der Waals surface area contributed by atoms with Crippen molar-refractivity contribution in [3.05, 3.63) is 0 Å². The predicted octanol–water partition coefficient (Wildman–Crippen LogP) is 2.27. The standard InChI is InChI=1S/C16H30N2O3/c1-15(2,3)21-14(20)18-8-4-5-12(11-18)6-7-16(17)9-13(19)10-16/h12-13,19H,4-11,17H2,1-3H3. The lowest BCUT2D eigenvalue weighted by molar-refractivity contribution is 0.00739. The lowest BCUT2D eigenvalue weighted by Gasteiger charge is -2.43. The lowest BCUT2D eigenvalue weighted by Crippen LogP contribution is -2.54. The van der Waals surface area contributed by atoms with Gasteiger partial charge in [-0.25, -0.2) is 4.79 Å². The molecule has 2 fully saturated rings. The molecule has 2 aliphatic rings. The number of nitrogens with two attached hydrogens (primary N) is 1. The van der Waals surface area contributed by atoms with Gasteiger partial charge in [-0.2, -0.15) is 0 Å². The van der Waals surface area contributed by atoms with Gasteiger partial charge < -0.3 is 20.5 Å². The summed E-state index contributed by atoms with van der Waals surface area (Å²) in [7, 11) is 0. The summed E-state index contributed by atoms with van der Waals surface area (Å²) in [6, 6.07) is 0. The van der Waals surface area contributed by atoms with Crippen molar-refractivity contribution in [2.75, 3.05) is 13.1 Å². The van der Waals surface area contributed by atoms with Crippen molar-refractivity contribution in [3.63, 3.8) is 0 Å². The molecule has 1 aliphatic carbocycles. The Bertz CT molecular complexity index is 372. The minimum Gasteiger partial charge on any atom is -0.444 e. The maximum absolute atomic E-state index is 12.1. The minimum atomic E-state index is -0.437. The average Bonchev–Trinajstić information content (AvgIpc) is 2.33. The van der Waals surface area contributed by atoms with E-state index >= 15 is 0 Å². The second-order valence-electron chi connectivity index (χ2n) is 7.90. The lowest BCUT2D eigenvalue weighted by atomic mass is 9.71. The maximum Gasteiger partial charge on any atom is 0.410 e. The van der Waals surface area contributed by atoms with Crippen molar-refractivity contribution < 1.29 is 14.6 Å². The number of ether oxygens (including phenoxy) is 1. The fourth-order valence-corrected chi connectivity index (χ4v) is 3.37. The van der Waals surface area contributed by atoms with Gasteiger partial charge in [0.05, 0.1) is 6.10 Å². The molecule has 1 heterocycles. The first-order valence-corrected chi connectivity index (χ1v) is 8.12. The number of likely N-dealkylation sites (tertiary alicyclic amines) is 1. The Balaban J connectivity index is 1.77. The molecule has 1 aliphatic heterocycles. The molecular weight excluding hydrogens is 268 g/mol. The largest absolute Gasteiger partial charge is 0.444 e. The van der Waals surface area contributed by atoms with Gasteiger partial charge in [-0.05, 0) is 65.2 Å². The van der Waals surface area contributed by atoms with E-state index in [2.05, 4.69) is 0 Å². The van der Waals surface area contributed by atoms with Crippen molar-refractivity contribution in [2.24, 2.45) is 11.7 Å². The summed E-state index contributed by atoms with van der Waals surface area (Å²) in [6.07, 6.45) is 5.18. The van der Waals surface area contributed by atoms with Gasteiger partial charge >= 0.3 is 6.09 Å². The molecule has 0 aromatic rings. The van der Waals surface area contributed by atoms with E-state index in [0.717, 1.165) is 51.6 Å². The molecule has 0 bridgehead atoms. The summed E-state index contributed by atoms with van der Waals surface area (Å²) in [5.74, 6) is 0.504. The predicted molar refractivity (Wildman–Crippen MR) is 81.9 cm³/mol. The molecule has 21 heavy (non-hydrogen) atoms. The molecule has 5 heteroatoms. The van der Waals surface area contributed by atoms with Crippen molar-refractivity contribution >= 4 is 6.09 Å². The minimum absolute atomic E-state index is 0.173. The zero-order valence-corrected chi connectivity index (χ0v) is 13.6. The van der Waals surface area contributed by atoms with Crippen LogP contribution in [-0.4, -0.2) is 46.4 Å². The Labute approximate surface area is 127 Å². The first-order valence-electron chi connectivity index (χ1n) is 8.12. The number of amides is 1. The second-order valence-corrected chi connectivity index (χ2v) is 7.90. The van der Waals surface area contributed by atoms with Gasteiger partial charge in [0.2, 0.25) is 0 Å². The Morgan fingerprint density at radius 2 is 2.10 bits per heavy atom. The van der Waals surface area contributed by atoms with Gasteiger partial charge in [0.25, 0.3) is 0 Å². The molecule has 0 aromatic heterocycles. The third kappa shape index (κ3) is 4.85. The maximum atomic E-state index is 12.1. The van der Waals surface area contributed by atoms with Gasteiger partial charge in [0.1, 0.15) is 5.60 Å².